The zero-order chi connectivity index (χ0) is 11.9. The molecule has 0 spiro atoms. The Morgan fingerprint density at radius 3 is 2.40 bits per heavy atom. The van der Waals surface area contributed by atoms with Gasteiger partial charge in [-0.2, -0.15) is 0 Å². The second-order valence-corrected chi connectivity index (χ2v) is 4.94. The average Bonchev–Trinajstić information content (AvgIpc) is 2.27. The third-order valence-electron chi connectivity index (χ3n) is 1.71. The van der Waals surface area contributed by atoms with Gasteiger partial charge in [0.25, 0.3) is 0 Å². The smallest absolute Gasteiger partial charge is 0.407 e. The second kappa shape index (κ2) is 6.74. The van der Waals surface area contributed by atoms with E-state index in [0.717, 1.165) is 6.08 Å². The minimum absolute atomic E-state index is 0.0953. The van der Waals surface area contributed by atoms with Gasteiger partial charge in [-0.15, -0.1) is 0 Å². The number of hydrogen-bond donors (Lipinski definition) is 0. The molecular formula is C8H16NO5P. The van der Waals surface area contributed by atoms with Crippen LogP contribution in [0.1, 0.15) is 0 Å². The maximum absolute atomic E-state index is 11.7. The van der Waals surface area contributed by atoms with E-state index in [1.54, 1.807) is 7.05 Å². The third-order valence-corrected chi connectivity index (χ3v) is 3.66. The van der Waals surface area contributed by atoms with E-state index in [1.165, 1.54) is 18.9 Å². The molecule has 0 amide bonds. The van der Waals surface area contributed by atoms with Crippen LogP contribution < -0.4 is 0 Å². The fourth-order valence-corrected chi connectivity index (χ4v) is 1.85. The van der Waals surface area contributed by atoms with E-state index in [1.807, 2.05) is 0 Å². The van der Waals surface area contributed by atoms with Gasteiger partial charge >= 0.3 is 13.7 Å². The highest BCUT2D eigenvalue weighted by atomic mass is 31.2. The van der Waals surface area contributed by atoms with Crippen molar-refractivity contribution in [3.05, 3.63) is 12.7 Å². The lowest BCUT2D eigenvalue weighted by Gasteiger charge is -2.23. The Labute approximate surface area is 89.4 Å². The molecular weight excluding hydrogens is 221 g/mol. The molecule has 15 heavy (non-hydrogen) atoms. The SMILES string of the molecule is C=CC(=O)OCCN(C)P(=O)(OC)OC. The van der Waals surface area contributed by atoms with Crippen molar-refractivity contribution in [2.24, 2.45) is 0 Å². The van der Waals surface area contributed by atoms with Crippen LogP contribution in [0.25, 0.3) is 0 Å². The maximum atomic E-state index is 11.7. The molecule has 0 rings (SSSR count). The molecule has 88 valence electrons. The van der Waals surface area contributed by atoms with Gasteiger partial charge in [0.2, 0.25) is 0 Å². The summed E-state index contributed by atoms with van der Waals surface area (Å²) in [5.41, 5.74) is 0. The highest BCUT2D eigenvalue weighted by molar-refractivity contribution is 7.51. The first kappa shape index (κ1) is 14.3. The molecule has 0 bridgehead atoms. The quantitative estimate of drug-likeness (QED) is 0.374. The minimum atomic E-state index is -3.22. The normalized spacial score (nSPS) is 11.5. The molecule has 0 fully saturated rings. The van der Waals surface area contributed by atoms with E-state index in [4.69, 9.17) is 13.8 Å². The molecule has 0 N–H and O–H groups in total. The van der Waals surface area contributed by atoms with Crippen molar-refractivity contribution in [1.82, 2.24) is 4.67 Å². The molecule has 0 aromatic carbocycles. The Kier molecular flexibility index (Phi) is 6.43. The highest BCUT2D eigenvalue weighted by Gasteiger charge is 2.27. The van der Waals surface area contributed by atoms with Gasteiger partial charge in [0.15, 0.2) is 0 Å². The van der Waals surface area contributed by atoms with E-state index in [-0.39, 0.29) is 13.2 Å². The molecule has 0 radical (unpaired) electrons. The Morgan fingerprint density at radius 1 is 1.47 bits per heavy atom. The first-order valence-electron chi connectivity index (χ1n) is 4.22. The molecule has 0 saturated heterocycles. The summed E-state index contributed by atoms with van der Waals surface area (Å²) >= 11 is 0. The van der Waals surface area contributed by atoms with Crippen LogP contribution in [0.4, 0.5) is 0 Å². The predicted octanol–water partition coefficient (Wildman–Crippen LogP) is 1.05. The molecule has 0 aromatic rings. The number of carbonyl (C=O) groups excluding carboxylic acids is 1. The Hall–Kier alpha value is -0.680. The van der Waals surface area contributed by atoms with Gasteiger partial charge in [0, 0.05) is 26.8 Å². The Bertz CT molecular complexity index is 260. The van der Waals surface area contributed by atoms with Gasteiger partial charge in [0.05, 0.1) is 0 Å². The van der Waals surface area contributed by atoms with Crippen LogP contribution in [0.15, 0.2) is 12.7 Å². The Balaban J connectivity index is 4.02. The van der Waals surface area contributed by atoms with Crippen molar-refractivity contribution in [1.29, 1.82) is 0 Å². The van der Waals surface area contributed by atoms with Crippen LogP contribution >= 0.6 is 7.75 Å². The number of esters is 1. The van der Waals surface area contributed by atoms with Gasteiger partial charge in [-0.3, -0.25) is 9.05 Å². The first-order valence-corrected chi connectivity index (χ1v) is 5.72. The lowest BCUT2D eigenvalue weighted by atomic mass is 10.6. The van der Waals surface area contributed by atoms with E-state index >= 15 is 0 Å². The second-order valence-electron chi connectivity index (χ2n) is 2.59. The minimum Gasteiger partial charge on any atom is -0.461 e. The molecule has 0 aliphatic carbocycles. The third kappa shape index (κ3) is 4.57. The van der Waals surface area contributed by atoms with Crippen molar-refractivity contribution in [2.75, 3.05) is 34.4 Å². The van der Waals surface area contributed by atoms with Crippen LogP contribution in [0.3, 0.4) is 0 Å². The van der Waals surface area contributed by atoms with E-state index in [9.17, 15) is 9.36 Å². The summed E-state index contributed by atoms with van der Waals surface area (Å²) in [5, 5.41) is 0. The maximum Gasteiger partial charge on any atom is 0.407 e. The van der Waals surface area contributed by atoms with Crippen molar-refractivity contribution in [3.8, 4) is 0 Å². The molecule has 0 aromatic heterocycles. The van der Waals surface area contributed by atoms with Crippen LogP contribution in [0.2, 0.25) is 0 Å². The topological polar surface area (TPSA) is 65.1 Å². The summed E-state index contributed by atoms with van der Waals surface area (Å²) in [6.45, 7) is 3.59. The number of rotatable bonds is 7. The molecule has 0 unspecified atom stereocenters. The summed E-state index contributed by atoms with van der Waals surface area (Å²) in [5.74, 6) is -0.520. The fourth-order valence-electron chi connectivity index (χ4n) is 0.813. The van der Waals surface area contributed by atoms with Crippen LogP contribution in [0, 0.1) is 0 Å². The first-order chi connectivity index (χ1) is 7.00. The average molecular weight is 237 g/mol. The number of hydrogen-bond acceptors (Lipinski definition) is 5. The summed E-state index contributed by atoms with van der Waals surface area (Å²) < 4.78 is 27.2. The number of ether oxygens (including phenoxy) is 1. The standard InChI is InChI=1S/C8H16NO5P/c1-5-8(10)14-7-6-9(2)15(11,12-3)13-4/h5H,1,6-7H2,2-4H3. The van der Waals surface area contributed by atoms with E-state index in [2.05, 4.69) is 6.58 Å². The van der Waals surface area contributed by atoms with Crippen LogP contribution in [-0.2, 0) is 23.1 Å². The monoisotopic (exact) mass is 237 g/mol. The Morgan fingerprint density at radius 2 is 2.00 bits per heavy atom. The molecule has 0 heterocycles. The lowest BCUT2D eigenvalue weighted by Crippen LogP contribution is -2.22. The highest BCUT2D eigenvalue weighted by Crippen LogP contribution is 2.48. The van der Waals surface area contributed by atoms with Crippen LogP contribution in [0.5, 0.6) is 0 Å². The molecule has 0 saturated carbocycles. The molecule has 0 aliphatic heterocycles. The fraction of sp³-hybridized carbons (Fsp3) is 0.625. The van der Waals surface area contributed by atoms with Gasteiger partial charge in [-0.05, 0) is 7.05 Å². The van der Waals surface area contributed by atoms with Gasteiger partial charge < -0.3 is 4.74 Å². The lowest BCUT2D eigenvalue weighted by molar-refractivity contribution is -0.137. The molecule has 0 aliphatic rings. The summed E-state index contributed by atoms with van der Waals surface area (Å²) in [4.78, 5) is 10.7. The predicted molar refractivity (Wildman–Crippen MR) is 55.4 cm³/mol. The molecule has 0 atom stereocenters. The number of carbonyl (C=O) groups is 1. The largest absolute Gasteiger partial charge is 0.461 e. The van der Waals surface area contributed by atoms with Gasteiger partial charge in [-0.1, -0.05) is 6.58 Å². The number of nitrogens with zero attached hydrogens (tertiary/aromatic N) is 1. The zero-order valence-corrected chi connectivity index (χ0v) is 10.0. The van der Waals surface area contributed by atoms with E-state index < -0.39 is 13.7 Å². The van der Waals surface area contributed by atoms with Crippen LogP contribution in [-0.4, -0.2) is 45.1 Å². The molecule has 6 nitrogen and oxygen atoms in total. The van der Waals surface area contributed by atoms with Gasteiger partial charge in [0.1, 0.15) is 6.61 Å². The summed E-state index contributed by atoms with van der Waals surface area (Å²) in [6.07, 6.45) is 1.06. The van der Waals surface area contributed by atoms with Crippen molar-refractivity contribution in [3.63, 3.8) is 0 Å². The van der Waals surface area contributed by atoms with Crippen molar-refractivity contribution >= 4 is 13.7 Å². The van der Waals surface area contributed by atoms with Crippen molar-refractivity contribution < 1.29 is 23.1 Å². The van der Waals surface area contributed by atoms with Gasteiger partial charge in [-0.25, -0.2) is 14.0 Å². The van der Waals surface area contributed by atoms with E-state index in [0.29, 0.717) is 0 Å². The number of likely N-dealkylation sites (N-methyl/N-ethyl adjacent to an activating group) is 1. The van der Waals surface area contributed by atoms with Crippen molar-refractivity contribution in [2.45, 2.75) is 0 Å². The summed E-state index contributed by atoms with van der Waals surface area (Å²) in [6, 6.07) is 0. The zero-order valence-electron chi connectivity index (χ0n) is 9.13. The summed E-state index contributed by atoms with van der Waals surface area (Å²) in [7, 11) is 0.903. The molecule has 7 heteroatoms.